The fourth-order valence-corrected chi connectivity index (χ4v) is 3.21. The predicted molar refractivity (Wildman–Crippen MR) is 87.9 cm³/mol. The Balaban J connectivity index is 2.01. The molecule has 1 fully saturated rings. The summed E-state index contributed by atoms with van der Waals surface area (Å²) in [6.07, 6.45) is -0.439. The van der Waals surface area contributed by atoms with Gasteiger partial charge in [-0.2, -0.15) is 5.10 Å². The second-order valence-electron chi connectivity index (χ2n) is 5.76. The standard InChI is InChI=1S/C16H14ClN3O5/c1-9(21)20-16(7-12(18-20)14(23)25-2)8-13(22)19(15(16)24)11-5-3-10(17)4-6-11/h3-6H,7-8H2,1-2H3. The first-order valence-corrected chi connectivity index (χ1v) is 7.77. The lowest BCUT2D eigenvalue weighted by Gasteiger charge is -2.28. The summed E-state index contributed by atoms with van der Waals surface area (Å²) < 4.78 is 4.62. The average molecular weight is 364 g/mol. The highest BCUT2D eigenvalue weighted by molar-refractivity contribution is 6.39. The minimum absolute atomic E-state index is 0.0724. The molecule has 0 N–H and O–H groups in total. The quantitative estimate of drug-likeness (QED) is 0.579. The van der Waals surface area contributed by atoms with Crippen LogP contribution in [0, 0.1) is 0 Å². The number of hydrazone groups is 1. The van der Waals surface area contributed by atoms with Crippen LogP contribution in [0.15, 0.2) is 29.4 Å². The highest BCUT2D eigenvalue weighted by Crippen LogP contribution is 2.40. The van der Waals surface area contributed by atoms with Gasteiger partial charge in [-0.05, 0) is 24.3 Å². The summed E-state index contributed by atoms with van der Waals surface area (Å²) in [5, 5.41) is 5.30. The van der Waals surface area contributed by atoms with Gasteiger partial charge in [0.25, 0.3) is 5.91 Å². The predicted octanol–water partition coefficient (Wildman–Crippen LogP) is 1.12. The van der Waals surface area contributed by atoms with E-state index in [1.165, 1.54) is 26.2 Å². The first-order chi connectivity index (χ1) is 11.8. The van der Waals surface area contributed by atoms with E-state index in [1.54, 1.807) is 12.1 Å². The molecule has 0 saturated carbocycles. The monoisotopic (exact) mass is 363 g/mol. The van der Waals surface area contributed by atoms with E-state index in [0.29, 0.717) is 10.7 Å². The summed E-state index contributed by atoms with van der Waals surface area (Å²) in [5.41, 5.74) is -1.27. The number of rotatable bonds is 2. The van der Waals surface area contributed by atoms with E-state index in [1.807, 2.05) is 0 Å². The molecule has 0 radical (unpaired) electrons. The van der Waals surface area contributed by atoms with Crippen molar-refractivity contribution in [3.05, 3.63) is 29.3 Å². The van der Waals surface area contributed by atoms with Crippen molar-refractivity contribution < 1.29 is 23.9 Å². The van der Waals surface area contributed by atoms with Crippen LogP contribution in [0.3, 0.4) is 0 Å². The number of hydrogen-bond acceptors (Lipinski definition) is 6. The normalized spacial score (nSPS) is 22.6. The van der Waals surface area contributed by atoms with Crippen molar-refractivity contribution in [2.75, 3.05) is 12.0 Å². The summed E-state index contributed by atoms with van der Waals surface area (Å²) in [6, 6.07) is 6.17. The van der Waals surface area contributed by atoms with Crippen LogP contribution in [-0.4, -0.2) is 47.1 Å². The second kappa shape index (κ2) is 5.96. The van der Waals surface area contributed by atoms with Crippen molar-refractivity contribution in [3.8, 4) is 0 Å². The van der Waals surface area contributed by atoms with Crippen molar-refractivity contribution in [1.29, 1.82) is 0 Å². The number of methoxy groups -OCH3 is 1. The number of imide groups is 1. The molecule has 2 heterocycles. The third-order valence-electron chi connectivity index (χ3n) is 4.18. The fraction of sp³-hybridized carbons (Fsp3) is 0.312. The average Bonchev–Trinajstić information content (AvgIpc) is 3.07. The van der Waals surface area contributed by atoms with Crippen molar-refractivity contribution in [3.63, 3.8) is 0 Å². The Bertz CT molecular complexity index is 820. The smallest absolute Gasteiger partial charge is 0.354 e. The molecule has 0 aromatic heterocycles. The van der Waals surface area contributed by atoms with E-state index >= 15 is 0 Å². The number of nitrogens with zero attached hydrogens (tertiary/aromatic N) is 3. The number of halogens is 1. The van der Waals surface area contributed by atoms with Crippen molar-refractivity contribution >= 4 is 46.7 Å². The lowest BCUT2D eigenvalue weighted by molar-refractivity contribution is -0.141. The molecule has 3 amide bonds. The Morgan fingerprint density at radius 3 is 2.40 bits per heavy atom. The number of hydrogen-bond donors (Lipinski definition) is 0. The maximum atomic E-state index is 13.0. The van der Waals surface area contributed by atoms with Gasteiger partial charge in [0, 0.05) is 18.4 Å². The topological polar surface area (TPSA) is 96.3 Å². The zero-order chi connectivity index (χ0) is 18.4. The van der Waals surface area contributed by atoms with E-state index in [2.05, 4.69) is 9.84 Å². The van der Waals surface area contributed by atoms with E-state index in [0.717, 1.165) is 9.91 Å². The highest BCUT2D eigenvalue weighted by Gasteiger charge is 2.61. The molecular weight excluding hydrogens is 350 g/mol. The molecular formula is C16H14ClN3O5. The van der Waals surface area contributed by atoms with Crippen LogP contribution in [0.25, 0.3) is 0 Å². The van der Waals surface area contributed by atoms with Gasteiger partial charge in [-0.15, -0.1) is 0 Å². The van der Waals surface area contributed by atoms with Crippen LogP contribution in [0.1, 0.15) is 19.8 Å². The molecule has 1 spiro atoms. The summed E-state index contributed by atoms with van der Waals surface area (Å²) in [4.78, 5) is 50.3. The van der Waals surface area contributed by atoms with Gasteiger partial charge in [0.05, 0.1) is 19.2 Å². The maximum Gasteiger partial charge on any atom is 0.354 e. The largest absolute Gasteiger partial charge is 0.464 e. The summed E-state index contributed by atoms with van der Waals surface area (Å²) in [7, 11) is 1.18. The van der Waals surface area contributed by atoms with Crippen LogP contribution < -0.4 is 4.90 Å². The molecule has 25 heavy (non-hydrogen) atoms. The van der Waals surface area contributed by atoms with Gasteiger partial charge in [0.15, 0.2) is 5.54 Å². The van der Waals surface area contributed by atoms with Crippen molar-refractivity contribution in [1.82, 2.24) is 5.01 Å². The zero-order valence-corrected chi connectivity index (χ0v) is 14.2. The van der Waals surface area contributed by atoms with E-state index in [9.17, 15) is 19.2 Å². The van der Waals surface area contributed by atoms with Crippen LogP contribution in [0.5, 0.6) is 0 Å². The zero-order valence-electron chi connectivity index (χ0n) is 13.5. The highest BCUT2D eigenvalue weighted by atomic mass is 35.5. The Labute approximate surface area is 148 Å². The van der Waals surface area contributed by atoms with Crippen LogP contribution in [0.2, 0.25) is 5.02 Å². The molecule has 1 atom stereocenters. The van der Waals surface area contributed by atoms with Gasteiger partial charge in [0.1, 0.15) is 5.71 Å². The molecule has 1 aromatic carbocycles. The number of esters is 1. The third-order valence-corrected chi connectivity index (χ3v) is 4.44. The van der Waals surface area contributed by atoms with E-state index < -0.39 is 29.2 Å². The molecule has 2 aliphatic heterocycles. The molecule has 130 valence electrons. The number of carbonyl (C=O) groups is 4. The molecule has 1 saturated heterocycles. The second-order valence-corrected chi connectivity index (χ2v) is 6.20. The third kappa shape index (κ3) is 2.58. The number of ether oxygens (including phenoxy) is 1. The van der Waals surface area contributed by atoms with Gasteiger partial charge in [-0.1, -0.05) is 11.6 Å². The van der Waals surface area contributed by atoms with Crippen molar-refractivity contribution in [2.45, 2.75) is 25.3 Å². The van der Waals surface area contributed by atoms with E-state index in [4.69, 9.17) is 11.6 Å². The summed E-state index contributed by atoms with van der Waals surface area (Å²) >= 11 is 5.84. The van der Waals surface area contributed by atoms with Crippen LogP contribution in [-0.2, 0) is 23.9 Å². The Kier molecular flexibility index (Phi) is 4.08. The van der Waals surface area contributed by atoms with Crippen LogP contribution in [0.4, 0.5) is 5.69 Å². The Morgan fingerprint density at radius 2 is 1.84 bits per heavy atom. The van der Waals surface area contributed by atoms with Gasteiger partial charge in [-0.25, -0.2) is 14.7 Å². The first kappa shape index (κ1) is 17.1. The number of carbonyl (C=O) groups excluding carboxylic acids is 4. The molecule has 0 bridgehead atoms. The number of amides is 3. The van der Waals surface area contributed by atoms with Gasteiger partial charge in [-0.3, -0.25) is 14.4 Å². The van der Waals surface area contributed by atoms with Gasteiger partial charge in [0.2, 0.25) is 11.8 Å². The lowest BCUT2D eigenvalue weighted by atomic mass is 9.91. The molecule has 1 unspecified atom stereocenters. The number of benzene rings is 1. The lowest BCUT2D eigenvalue weighted by Crippen LogP contribution is -2.51. The fourth-order valence-electron chi connectivity index (χ4n) is 3.09. The molecule has 9 heteroatoms. The SMILES string of the molecule is COC(=O)C1=NN(C(C)=O)C2(CC(=O)N(c3ccc(Cl)cc3)C2=O)C1. The molecule has 8 nitrogen and oxygen atoms in total. The van der Waals surface area contributed by atoms with Crippen LogP contribution >= 0.6 is 11.6 Å². The summed E-state index contributed by atoms with van der Waals surface area (Å²) in [6.45, 7) is 1.22. The van der Waals surface area contributed by atoms with Gasteiger partial charge < -0.3 is 4.74 Å². The first-order valence-electron chi connectivity index (χ1n) is 7.40. The Morgan fingerprint density at radius 1 is 1.20 bits per heavy atom. The Hall–Kier alpha value is -2.74. The number of anilines is 1. The molecule has 3 rings (SSSR count). The van der Waals surface area contributed by atoms with Gasteiger partial charge >= 0.3 is 5.97 Å². The molecule has 2 aliphatic rings. The van der Waals surface area contributed by atoms with E-state index in [-0.39, 0.29) is 18.6 Å². The minimum atomic E-state index is -1.54. The minimum Gasteiger partial charge on any atom is -0.464 e. The summed E-state index contributed by atoms with van der Waals surface area (Å²) in [5.74, 6) is -2.39. The molecule has 1 aromatic rings. The van der Waals surface area contributed by atoms with Crippen molar-refractivity contribution in [2.24, 2.45) is 5.10 Å². The maximum absolute atomic E-state index is 13.0. The molecule has 0 aliphatic carbocycles.